The second kappa shape index (κ2) is 4.68. The molecular formula is C12H14ClF2N. The lowest BCUT2D eigenvalue weighted by Crippen LogP contribution is -2.45. The Labute approximate surface area is 98.8 Å². The lowest BCUT2D eigenvalue weighted by Gasteiger charge is -2.32. The Morgan fingerprint density at radius 1 is 1.38 bits per heavy atom. The highest BCUT2D eigenvalue weighted by molar-refractivity contribution is 6.31. The maximum Gasteiger partial charge on any atom is 0.253 e. The van der Waals surface area contributed by atoms with Crippen LogP contribution in [0.2, 0.25) is 5.02 Å². The summed E-state index contributed by atoms with van der Waals surface area (Å²) >= 11 is 5.97. The summed E-state index contributed by atoms with van der Waals surface area (Å²) in [5.74, 6) is -3.23. The Hall–Kier alpha value is -0.670. The molecule has 1 aliphatic rings. The Balaban J connectivity index is 2.12. The Bertz CT molecular complexity index is 368. The van der Waals surface area contributed by atoms with Gasteiger partial charge in [0.05, 0.1) is 0 Å². The molecule has 1 saturated heterocycles. The van der Waals surface area contributed by atoms with E-state index in [4.69, 9.17) is 11.6 Å². The first kappa shape index (κ1) is 11.8. The molecule has 1 atom stereocenters. The van der Waals surface area contributed by atoms with Gasteiger partial charge in [0.1, 0.15) is 0 Å². The van der Waals surface area contributed by atoms with Crippen LogP contribution in [0.4, 0.5) is 8.78 Å². The molecule has 1 aromatic carbocycles. The number of hydrogen-bond donors (Lipinski definition) is 1. The fourth-order valence-electron chi connectivity index (χ4n) is 2.04. The van der Waals surface area contributed by atoms with Gasteiger partial charge in [0.25, 0.3) is 5.92 Å². The molecule has 0 amide bonds. The van der Waals surface area contributed by atoms with Gasteiger partial charge in [0.2, 0.25) is 0 Å². The van der Waals surface area contributed by atoms with Crippen molar-refractivity contribution in [3.05, 3.63) is 34.9 Å². The minimum Gasteiger partial charge on any atom is -0.316 e. The molecule has 0 radical (unpaired) electrons. The van der Waals surface area contributed by atoms with Gasteiger partial charge in [-0.2, -0.15) is 0 Å². The molecule has 1 heterocycles. The second-order valence-corrected chi connectivity index (χ2v) is 4.61. The number of nitrogens with one attached hydrogen (secondary N) is 1. The van der Waals surface area contributed by atoms with Crippen LogP contribution in [-0.4, -0.2) is 19.0 Å². The molecule has 1 fully saturated rings. The molecule has 88 valence electrons. The van der Waals surface area contributed by atoms with Crippen LogP contribution < -0.4 is 5.32 Å². The van der Waals surface area contributed by atoms with E-state index in [2.05, 4.69) is 5.32 Å². The molecule has 1 N–H and O–H groups in total. The van der Waals surface area contributed by atoms with Gasteiger partial charge in [-0.15, -0.1) is 0 Å². The van der Waals surface area contributed by atoms with Crippen molar-refractivity contribution in [1.29, 1.82) is 0 Å². The van der Waals surface area contributed by atoms with Gasteiger partial charge in [0.15, 0.2) is 0 Å². The van der Waals surface area contributed by atoms with Crippen molar-refractivity contribution in [2.24, 2.45) is 5.92 Å². The van der Waals surface area contributed by atoms with E-state index < -0.39 is 11.8 Å². The topological polar surface area (TPSA) is 12.0 Å². The summed E-state index contributed by atoms with van der Waals surface area (Å²) in [5, 5.41) is 3.58. The molecule has 0 aliphatic carbocycles. The first-order valence-corrected chi connectivity index (χ1v) is 5.79. The van der Waals surface area contributed by atoms with E-state index in [9.17, 15) is 8.78 Å². The van der Waals surface area contributed by atoms with E-state index in [0.29, 0.717) is 24.5 Å². The van der Waals surface area contributed by atoms with Gasteiger partial charge < -0.3 is 5.32 Å². The third-order valence-electron chi connectivity index (χ3n) is 3.05. The minimum atomic E-state index is -2.58. The predicted molar refractivity (Wildman–Crippen MR) is 61.1 cm³/mol. The lowest BCUT2D eigenvalue weighted by molar-refractivity contribution is -0.0776. The predicted octanol–water partition coefficient (Wildman–Crippen LogP) is 3.13. The van der Waals surface area contributed by atoms with E-state index in [0.717, 1.165) is 5.56 Å². The average Bonchev–Trinajstić information content (AvgIpc) is 2.24. The molecule has 0 aromatic heterocycles. The van der Waals surface area contributed by atoms with Gasteiger partial charge in [-0.05, 0) is 18.1 Å². The molecule has 0 spiro atoms. The van der Waals surface area contributed by atoms with E-state index in [1.165, 1.54) is 0 Å². The summed E-state index contributed by atoms with van der Waals surface area (Å²) in [6.45, 7) is 0.754. The van der Waals surface area contributed by atoms with Crippen molar-refractivity contribution >= 4 is 11.6 Å². The maximum atomic E-state index is 13.6. The second-order valence-electron chi connectivity index (χ2n) is 4.21. The summed E-state index contributed by atoms with van der Waals surface area (Å²) in [4.78, 5) is 0. The van der Waals surface area contributed by atoms with Crippen molar-refractivity contribution in [3.63, 3.8) is 0 Å². The maximum absolute atomic E-state index is 13.6. The first-order chi connectivity index (χ1) is 7.59. The number of benzene rings is 1. The minimum absolute atomic E-state index is 0.0812. The molecule has 2 rings (SSSR count). The molecule has 16 heavy (non-hydrogen) atoms. The molecule has 1 nitrogen and oxygen atoms in total. The van der Waals surface area contributed by atoms with E-state index >= 15 is 0 Å². The fraction of sp³-hybridized carbons (Fsp3) is 0.500. The van der Waals surface area contributed by atoms with Crippen LogP contribution in [-0.2, 0) is 6.42 Å². The van der Waals surface area contributed by atoms with Crippen molar-refractivity contribution < 1.29 is 8.78 Å². The molecule has 0 saturated carbocycles. The van der Waals surface area contributed by atoms with Crippen LogP contribution in [0.1, 0.15) is 12.0 Å². The van der Waals surface area contributed by atoms with Gasteiger partial charge in [-0.3, -0.25) is 0 Å². The van der Waals surface area contributed by atoms with E-state index in [-0.39, 0.29) is 6.42 Å². The van der Waals surface area contributed by atoms with Crippen LogP contribution >= 0.6 is 11.6 Å². The largest absolute Gasteiger partial charge is 0.316 e. The van der Waals surface area contributed by atoms with E-state index in [1.54, 1.807) is 6.07 Å². The molecule has 1 unspecified atom stereocenters. The zero-order valence-corrected chi connectivity index (χ0v) is 9.61. The highest BCUT2D eigenvalue weighted by Crippen LogP contribution is 2.34. The zero-order chi connectivity index (χ0) is 11.6. The number of hydrogen-bond acceptors (Lipinski definition) is 1. The highest BCUT2D eigenvalue weighted by atomic mass is 35.5. The average molecular weight is 246 g/mol. The van der Waals surface area contributed by atoms with Crippen LogP contribution in [0.3, 0.4) is 0 Å². The van der Waals surface area contributed by atoms with Crippen LogP contribution in [0.15, 0.2) is 24.3 Å². The molecule has 1 aromatic rings. The highest BCUT2D eigenvalue weighted by Gasteiger charge is 2.41. The summed E-state index contributed by atoms with van der Waals surface area (Å²) in [6, 6.07) is 7.19. The van der Waals surface area contributed by atoms with Crippen molar-refractivity contribution in [3.8, 4) is 0 Å². The quantitative estimate of drug-likeness (QED) is 0.844. The summed E-state index contributed by atoms with van der Waals surface area (Å²) in [7, 11) is 0. The SMILES string of the molecule is FC1(F)CCNCC1Cc1ccccc1Cl. The van der Waals surface area contributed by atoms with Crippen molar-refractivity contribution in [2.75, 3.05) is 13.1 Å². The standard InChI is InChI=1S/C12H14ClF2N/c13-11-4-2-1-3-9(11)7-10-8-16-6-5-12(10,14)15/h1-4,10,16H,5-8H2. The summed E-state index contributed by atoms with van der Waals surface area (Å²) in [6.07, 6.45) is 0.252. The molecular weight excluding hydrogens is 232 g/mol. The van der Waals surface area contributed by atoms with Gasteiger partial charge >= 0.3 is 0 Å². The smallest absolute Gasteiger partial charge is 0.253 e. The Morgan fingerprint density at radius 2 is 2.12 bits per heavy atom. The number of piperidine rings is 1. The number of halogens is 3. The van der Waals surface area contributed by atoms with Crippen LogP contribution in [0, 0.1) is 5.92 Å². The fourth-order valence-corrected chi connectivity index (χ4v) is 2.25. The van der Waals surface area contributed by atoms with Gasteiger partial charge in [0, 0.05) is 30.5 Å². The van der Waals surface area contributed by atoms with Gasteiger partial charge in [-0.25, -0.2) is 8.78 Å². The Kier molecular flexibility index (Phi) is 3.45. The molecule has 4 heteroatoms. The third kappa shape index (κ3) is 2.53. The first-order valence-electron chi connectivity index (χ1n) is 5.41. The van der Waals surface area contributed by atoms with E-state index in [1.807, 2.05) is 18.2 Å². The molecule has 0 bridgehead atoms. The number of alkyl halides is 2. The summed E-state index contributed by atoms with van der Waals surface area (Å²) in [5.41, 5.74) is 0.803. The zero-order valence-electron chi connectivity index (χ0n) is 8.85. The van der Waals surface area contributed by atoms with Crippen LogP contribution in [0.5, 0.6) is 0 Å². The summed E-state index contributed by atoms with van der Waals surface area (Å²) < 4.78 is 27.2. The monoisotopic (exact) mass is 245 g/mol. The number of rotatable bonds is 2. The van der Waals surface area contributed by atoms with Gasteiger partial charge in [-0.1, -0.05) is 29.8 Å². The third-order valence-corrected chi connectivity index (χ3v) is 3.42. The Morgan fingerprint density at radius 3 is 2.81 bits per heavy atom. The molecule has 1 aliphatic heterocycles. The van der Waals surface area contributed by atoms with Crippen molar-refractivity contribution in [1.82, 2.24) is 5.32 Å². The van der Waals surface area contributed by atoms with Crippen molar-refractivity contribution in [2.45, 2.75) is 18.8 Å². The lowest BCUT2D eigenvalue weighted by atomic mass is 9.89. The normalized spacial score (nSPS) is 24.3. The van der Waals surface area contributed by atoms with Crippen LogP contribution in [0.25, 0.3) is 0 Å².